The summed E-state index contributed by atoms with van der Waals surface area (Å²) in [6.45, 7) is 10.7. The largest absolute Gasteiger partial charge is 0.236 e. The third-order valence-electron chi connectivity index (χ3n) is 2.57. The molecule has 2 aliphatic rings. The van der Waals surface area contributed by atoms with Gasteiger partial charge in [0.05, 0.1) is 6.04 Å². The van der Waals surface area contributed by atoms with Crippen molar-refractivity contribution in [2.75, 3.05) is 0 Å². The van der Waals surface area contributed by atoms with Gasteiger partial charge in [-0.3, -0.25) is 0 Å². The number of hydrogen-bond acceptors (Lipinski definition) is 2. The van der Waals surface area contributed by atoms with Crippen molar-refractivity contribution in [2.24, 2.45) is 5.92 Å². The molecule has 2 heteroatoms. The van der Waals surface area contributed by atoms with E-state index in [-0.39, 0.29) is 0 Å². The number of rotatable bonds is 3. The van der Waals surface area contributed by atoms with Gasteiger partial charge in [-0.1, -0.05) is 18.0 Å². The topological polar surface area (TPSA) is 3.01 Å². The standard InChI is InChI=1S/C11H19NS/c1-5-9-10(8-6-7-8)12(9)13-11(2,3)4/h5,8-10H,1,6-7H2,2-4H3. The summed E-state index contributed by atoms with van der Waals surface area (Å²) in [6.07, 6.45) is 4.99. The van der Waals surface area contributed by atoms with Crippen LogP contribution in [0.25, 0.3) is 0 Å². The Morgan fingerprint density at radius 2 is 2.00 bits per heavy atom. The Bertz CT molecular complexity index is 215. The van der Waals surface area contributed by atoms with Gasteiger partial charge in [0.2, 0.25) is 0 Å². The van der Waals surface area contributed by atoms with Gasteiger partial charge >= 0.3 is 0 Å². The third-order valence-corrected chi connectivity index (χ3v) is 3.82. The molecule has 1 aliphatic carbocycles. The maximum atomic E-state index is 3.91. The van der Waals surface area contributed by atoms with E-state index >= 15 is 0 Å². The maximum Gasteiger partial charge on any atom is 0.0552 e. The molecule has 0 bridgehead atoms. The van der Waals surface area contributed by atoms with Gasteiger partial charge in [-0.25, -0.2) is 4.31 Å². The average Bonchev–Trinajstić information content (AvgIpc) is 2.75. The van der Waals surface area contributed by atoms with Crippen molar-refractivity contribution in [1.82, 2.24) is 4.31 Å². The van der Waals surface area contributed by atoms with E-state index in [1.807, 2.05) is 11.9 Å². The zero-order valence-corrected chi connectivity index (χ0v) is 9.60. The summed E-state index contributed by atoms with van der Waals surface area (Å²) in [7, 11) is 0. The highest BCUT2D eigenvalue weighted by molar-refractivity contribution is 7.98. The number of hydrogen-bond donors (Lipinski definition) is 0. The zero-order valence-electron chi connectivity index (χ0n) is 8.79. The second kappa shape index (κ2) is 3.03. The Labute approximate surface area is 85.7 Å². The first-order chi connectivity index (χ1) is 6.03. The average molecular weight is 197 g/mol. The van der Waals surface area contributed by atoms with E-state index in [1.54, 1.807) is 0 Å². The van der Waals surface area contributed by atoms with Crippen LogP contribution in [-0.2, 0) is 0 Å². The first-order valence-electron chi connectivity index (χ1n) is 5.13. The van der Waals surface area contributed by atoms with E-state index in [0.717, 1.165) is 12.0 Å². The van der Waals surface area contributed by atoms with Crippen LogP contribution in [0.1, 0.15) is 33.6 Å². The lowest BCUT2D eigenvalue weighted by molar-refractivity contribution is 0.684. The van der Waals surface area contributed by atoms with Gasteiger partial charge < -0.3 is 0 Å². The smallest absolute Gasteiger partial charge is 0.0552 e. The molecule has 0 amide bonds. The van der Waals surface area contributed by atoms with Crippen molar-refractivity contribution >= 4 is 11.9 Å². The minimum atomic E-state index is 0.352. The van der Waals surface area contributed by atoms with E-state index in [9.17, 15) is 0 Å². The van der Waals surface area contributed by atoms with Crippen LogP contribution in [0.15, 0.2) is 12.7 Å². The minimum Gasteiger partial charge on any atom is -0.236 e. The van der Waals surface area contributed by atoms with Gasteiger partial charge in [0, 0.05) is 10.8 Å². The highest BCUT2D eigenvalue weighted by Gasteiger charge is 2.55. The van der Waals surface area contributed by atoms with Crippen molar-refractivity contribution in [3.63, 3.8) is 0 Å². The van der Waals surface area contributed by atoms with Crippen molar-refractivity contribution in [2.45, 2.75) is 50.4 Å². The summed E-state index contributed by atoms with van der Waals surface area (Å²) >= 11 is 1.99. The molecule has 0 N–H and O–H groups in total. The lowest BCUT2D eigenvalue weighted by Gasteiger charge is -2.18. The Hall–Kier alpha value is 0.0500. The quantitative estimate of drug-likeness (QED) is 0.388. The van der Waals surface area contributed by atoms with Gasteiger partial charge in [0.1, 0.15) is 0 Å². The van der Waals surface area contributed by atoms with Crippen LogP contribution < -0.4 is 0 Å². The van der Waals surface area contributed by atoms with Crippen LogP contribution in [-0.4, -0.2) is 21.1 Å². The minimum absolute atomic E-state index is 0.352. The molecule has 0 radical (unpaired) electrons. The van der Waals surface area contributed by atoms with Crippen LogP contribution >= 0.6 is 11.9 Å². The van der Waals surface area contributed by atoms with Crippen LogP contribution in [0.3, 0.4) is 0 Å². The van der Waals surface area contributed by atoms with Crippen molar-refractivity contribution < 1.29 is 0 Å². The fourth-order valence-electron chi connectivity index (χ4n) is 1.85. The van der Waals surface area contributed by atoms with Crippen LogP contribution in [0.4, 0.5) is 0 Å². The molecule has 1 saturated carbocycles. The van der Waals surface area contributed by atoms with E-state index in [0.29, 0.717) is 10.8 Å². The SMILES string of the molecule is C=CC1C(C2CC2)N1SC(C)(C)C. The van der Waals surface area contributed by atoms with Gasteiger partial charge in [0.25, 0.3) is 0 Å². The van der Waals surface area contributed by atoms with Gasteiger partial charge in [0.15, 0.2) is 0 Å². The second-order valence-corrected chi connectivity index (χ2v) is 6.95. The Balaban J connectivity index is 1.90. The molecule has 0 aromatic rings. The van der Waals surface area contributed by atoms with E-state index in [1.165, 1.54) is 12.8 Å². The maximum absolute atomic E-state index is 3.91. The Morgan fingerprint density at radius 1 is 1.38 bits per heavy atom. The molecule has 0 aromatic carbocycles. The molecule has 3 unspecified atom stereocenters. The molecule has 74 valence electrons. The summed E-state index contributed by atoms with van der Waals surface area (Å²) in [5, 5.41) is 0. The zero-order chi connectivity index (χ0) is 9.64. The van der Waals surface area contributed by atoms with Gasteiger partial charge in [-0.2, -0.15) is 0 Å². The summed E-state index contributed by atoms with van der Waals surface area (Å²) in [5.74, 6) is 0.984. The highest BCUT2D eigenvalue weighted by Crippen LogP contribution is 2.53. The molecular formula is C11H19NS. The molecule has 0 spiro atoms. The van der Waals surface area contributed by atoms with Crippen molar-refractivity contribution in [3.8, 4) is 0 Å². The predicted molar refractivity (Wildman–Crippen MR) is 59.7 cm³/mol. The first-order valence-corrected chi connectivity index (χ1v) is 5.90. The van der Waals surface area contributed by atoms with E-state index < -0.39 is 0 Å². The summed E-state index contributed by atoms with van der Waals surface area (Å²) in [4.78, 5) is 0. The first kappa shape index (κ1) is 9.60. The molecule has 1 nitrogen and oxygen atoms in total. The monoisotopic (exact) mass is 197 g/mol. The van der Waals surface area contributed by atoms with E-state index in [4.69, 9.17) is 0 Å². The molecule has 2 fully saturated rings. The summed E-state index contributed by atoms with van der Waals surface area (Å²) in [5.41, 5.74) is 0. The van der Waals surface area contributed by atoms with Gasteiger partial charge in [-0.05, 0) is 39.5 Å². The lowest BCUT2D eigenvalue weighted by atomic mass is 10.2. The van der Waals surface area contributed by atoms with Crippen molar-refractivity contribution in [1.29, 1.82) is 0 Å². The third kappa shape index (κ3) is 2.10. The molecule has 3 atom stereocenters. The fourth-order valence-corrected chi connectivity index (χ4v) is 3.18. The van der Waals surface area contributed by atoms with Crippen molar-refractivity contribution in [3.05, 3.63) is 12.7 Å². The van der Waals surface area contributed by atoms with Gasteiger partial charge in [-0.15, -0.1) is 6.58 Å². The van der Waals surface area contributed by atoms with Crippen LogP contribution in [0.2, 0.25) is 0 Å². The normalized spacial score (nSPS) is 38.8. The molecule has 2 rings (SSSR count). The van der Waals surface area contributed by atoms with Crippen LogP contribution in [0, 0.1) is 5.92 Å². The summed E-state index contributed by atoms with van der Waals surface area (Å²) in [6, 6.07) is 1.48. The molecule has 1 saturated heterocycles. The van der Waals surface area contributed by atoms with Crippen LogP contribution in [0.5, 0.6) is 0 Å². The predicted octanol–water partition coefficient (Wildman–Crippen LogP) is 3.08. The van der Waals surface area contributed by atoms with E-state index in [2.05, 4.69) is 37.7 Å². The Morgan fingerprint density at radius 3 is 2.38 bits per heavy atom. The molecular weight excluding hydrogens is 178 g/mol. The number of nitrogens with zero attached hydrogens (tertiary/aromatic N) is 1. The highest BCUT2D eigenvalue weighted by atomic mass is 32.2. The summed E-state index contributed by atoms with van der Waals surface area (Å²) < 4.78 is 2.88. The molecule has 1 heterocycles. The second-order valence-electron chi connectivity index (χ2n) is 5.12. The lowest BCUT2D eigenvalue weighted by Crippen LogP contribution is -2.12. The fraction of sp³-hybridized carbons (Fsp3) is 0.818. The molecule has 13 heavy (non-hydrogen) atoms. The Kier molecular flexibility index (Phi) is 2.23. The molecule has 1 aliphatic heterocycles. The molecule has 0 aromatic heterocycles.